The molecule has 7 fully saturated rings. The maximum atomic E-state index is 15.2. The number of allylic oxidation sites excluding steroid dienone is 5. The summed E-state index contributed by atoms with van der Waals surface area (Å²) in [6, 6.07) is 30.4. The Balaban J connectivity index is 1.13. The Hall–Kier alpha value is -3.45. The molecule has 10 rings (SSSR count). The van der Waals surface area contributed by atoms with Crippen LogP contribution in [0.15, 0.2) is 115 Å². The Morgan fingerprint density at radius 3 is 1.50 bits per heavy atom. The van der Waals surface area contributed by atoms with Gasteiger partial charge in [-0.2, -0.15) is 0 Å². The van der Waals surface area contributed by atoms with Crippen LogP contribution < -0.4 is 0 Å². The highest BCUT2D eigenvalue weighted by atomic mass is 16.1. The third-order valence-electron chi connectivity index (χ3n) is 20.2. The van der Waals surface area contributed by atoms with Gasteiger partial charge in [0.15, 0.2) is 0 Å². The van der Waals surface area contributed by atoms with E-state index in [-0.39, 0.29) is 28.1 Å². The molecule has 0 aliphatic heterocycles. The van der Waals surface area contributed by atoms with Gasteiger partial charge in [-0.05, 0) is 189 Å². The van der Waals surface area contributed by atoms with E-state index >= 15 is 4.79 Å². The molecule has 0 spiro atoms. The van der Waals surface area contributed by atoms with Crippen LogP contribution in [0.2, 0.25) is 0 Å². The molecule has 0 bridgehead atoms. The Bertz CT molecular complexity index is 2230. The molecule has 1 nitrogen and oxygen atoms in total. The van der Waals surface area contributed by atoms with Gasteiger partial charge in [-0.1, -0.05) is 193 Å². The van der Waals surface area contributed by atoms with Crippen LogP contribution in [0.5, 0.6) is 0 Å². The first-order valence-electron chi connectivity index (χ1n) is 27.2. The molecule has 0 saturated heterocycles. The molecular formula is C65H86O. The normalized spacial score (nSPS) is 37.6. The topological polar surface area (TPSA) is 17.1 Å². The third kappa shape index (κ3) is 7.74. The number of hydrogen-bond acceptors (Lipinski definition) is 1. The largest absolute Gasteiger partial charge is 0.298 e. The van der Waals surface area contributed by atoms with Crippen LogP contribution in [-0.4, -0.2) is 5.78 Å². The van der Waals surface area contributed by atoms with Crippen molar-refractivity contribution in [3.8, 4) is 0 Å². The first kappa shape index (κ1) is 46.3. The maximum absolute atomic E-state index is 15.2. The average molecular weight is 883 g/mol. The monoisotopic (exact) mass is 883 g/mol. The van der Waals surface area contributed by atoms with Crippen molar-refractivity contribution in [3.05, 3.63) is 143 Å². The number of rotatable bonds is 8. The van der Waals surface area contributed by atoms with Crippen molar-refractivity contribution < 1.29 is 4.79 Å². The zero-order valence-electron chi connectivity index (χ0n) is 43.0. The minimum Gasteiger partial charge on any atom is -0.298 e. The zero-order valence-corrected chi connectivity index (χ0v) is 43.0. The van der Waals surface area contributed by atoms with E-state index < -0.39 is 0 Å². The smallest absolute Gasteiger partial charge is 0.148 e. The maximum Gasteiger partial charge on any atom is 0.148 e. The summed E-state index contributed by atoms with van der Waals surface area (Å²) >= 11 is 0. The molecule has 7 aliphatic carbocycles. The Morgan fingerprint density at radius 1 is 0.576 bits per heavy atom. The molecule has 0 N–H and O–H groups in total. The van der Waals surface area contributed by atoms with Crippen molar-refractivity contribution in [3.63, 3.8) is 0 Å². The van der Waals surface area contributed by atoms with E-state index in [1.807, 2.05) is 0 Å². The molecule has 66 heavy (non-hydrogen) atoms. The molecule has 3 aromatic rings. The first-order chi connectivity index (χ1) is 31.4. The van der Waals surface area contributed by atoms with Crippen LogP contribution in [0.4, 0.5) is 0 Å². The van der Waals surface area contributed by atoms with Gasteiger partial charge in [-0.25, -0.2) is 0 Å². The van der Waals surface area contributed by atoms with Gasteiger partial charge in [-0.15, -0.1) is 0 Å². The predicted octanol–water partition coefficient (Wildman–Crippen LogP) is 16.9. The summed E-state index contributed by atoms with van der Waals surface area (Å²) < 4.78 is 0. The van der Waals surface area contributed by atoms with E-state index in [0.29, 0.717) is 41.3 Å². The Kier molecular flexibility index (Phi) is 12.1. The average Bonchev–Trinajstić information content (AvgIpc) is 3.89. The second-order valence-corrected chi connectivity index (χ2v) is 26.7. The summed E-state index contributed by atoms with van der Waals surface area (Å²) in [4.78, 5) is 15.2. The zero-order chi connectivity index (χ0) is 46.6. The van der Waals surface area contributed by atoms with Crippen molar-refractivity contribution >= 4 is 5.78 Å². The summed E-state index contributed by atoms with van der Waals surface area (Å²) in [5.41, 5.74) is 10.5. The molecule has 3 aromatic carbocycles. The highest BCUT2D eigenvalue weighted by molar-refractivity contribution is 5.95. The summed E-state index contributed by atoms with van der Waals surface area (Å²) in [6.07, 6.45) is 19.6. The van der Waals surface area contributed by atoms with E-state index in [0.717, 1.165) is 53.3 Å². The van der Waals surface area contributed by atoms with Crippen LogP contribution in [0, 0.1) is 88.3 Å². The van der Waals surface area contributed by atoms with Crippen molar-refractivity contribution in [1.29, 1.82) is 0 Å². The van der Waals surface area contributed by atoms with Gasteiger partial charge in [0.05, 0.1) is 0 Å². The highest BCUT2D eigenvalue weighted by Gasteiger charge is 2.72. The lowest BCUT2D eigenvalue weighted by molar-refractivity contribution is -0.121. The fourth-order valence-corrected chi connectivity index (χ4v) is 17.7. The lowest BCUT2D eigenvalue weighted by Gasteiger charge is -2.55. The molecule has 352 valence electrons. The van der Waals surface area contributed by atoms with E-state index in [1.54, 1.807) is 5.56 Å². The van der Waals surface area contributed by atoms with Crippen LogP contribution >= 0.6 is 0 Å². The fourth-order valence-electron chi connectivity index (χ4n) is 17.7. The molecule has 1 heteroatoms. The Morgan fingerprint density at radius 2 is 1.05 bits per heavy atom. The molecule has 0 heterocycles. The number of carbonyl (C=O) groups excluding carboxylic acids is 1. The fraction of sp³-hybridized carbons (Fsp3) is 0.615. The highest BCUT2D eigenvalue weighted by Crippen LogP contribution is 2.77. The summed E-state index contributed by atoms with van der Waals surface area (Å²) in [7, 11) is 0. The minimum atomic E-state index is 0.0234. The molecule has 7 saturated carbocycles. The standard InChI is InChI=1S/C65H86O/c1-13-39(38(2)3)34-43(63(4,5)6)28-29-48-46-26-20-21-27-47(46)53(42-35-44(64(7,8)9)37-45(36-42)65(10,11)12)59-50-32-33-52-58-51(31-30-49(56(48)59)57(50)58)60-54(40-22-16-14-17-23-40)62(66)55(61(52)60)41-24-18-15-19-25-41/h13-19,22-25,28,34-38,46-61H,1,20-21,26-27,29-33H2,2-12H3/b39-34+,43-28+. The van der Waals surface area contributed by atoms with Gasteiger partial charge in [0.1, 0.15) is 5.78 Å². The first-order valence-corrected chi connectivity index (χ1v) is 27.2. The van der Waals surface area contributed by atoms with Crippen molar-refractivity contribution in [1.82, 2.24) is 0 Å². The number of Topliss-reactive ketones (excluding diaryl/α,β-unsaturated/α-hetero) is 1. The Labute approximate surface area is 402 Å². The lowest BCUT2D eigenvalue weighted by Crippen LogP contribution is -2.47. The molecule has 16 atom stereocenters. The van der Waals surface area contributed by atoms with Crippen LogP contribution in [0.3, 0.4) is 0 Å². The van der Waals surface area contributed by atoms with Crippen molar-refractivity contribution in [2.75, 3.05) is 0 Å². The van der Waals surface area contributed by atoms with E-state index in [9.17, 15) is 0 Å². The van der Waals surface area contributed by atoms with Crippen molar-refractivity contribution in [2.24, 2.45) is 88.3 Å². The van der Waals surface area contributed by atoms with E-state index in [2.05, 4.69) is 180 Å². The summed E-state index contributed by atoms with van der Waals surface area (Å²) in [6.45, 7) is 31.0. The van der Waals surface area contributed by atoms with Crippen LogP contribution in [0.1, 0.15) is 180 Å². The minimum absolute atomic E-state index is 0.0234. The quantitative estimate of drug-likeness (QED) is 0.206. The number of hydrogen-bond donors (Lipinski definition) is 0. The van der Waals surface area contributed by atoms with Gasteiger partial charge in [0.25, 0.3) is 0 Å². The summed E-state index contributed by atoms with van der Waals surface area (Å²) in [5.74, 6) is 10.7. The van der Waals surface area contributed by atoms with Gasteiger partial charge in [0.2, 0.25) is 0 Å². The molecule has 0 aromatic heterocycles. The van der Waals surface area contributed by atoms with Gasteiger partial charge < -0.3 is 0 Å². The van der Waals surface area contributed by atoms with Gasteiger partial charge in [-0.3, -0.25) is 4.79 Å². The number of carbonyl (C=O) groups is 1. The molecule has 7 aliphatic rings. The third-order valence-corrected chi connectivity index (χ3v) is 20.2. The second-order valence-electron chi connectivity index (χ2n) is 26.7. The molecule has 0 amide bonds. The summed E-state index contributed by atoms with van der Waals surface area (Å²) in [5, 5.41) is 0. The van der Waals surface area contributed by atoms with E-state index in [1.165, 1.54) is 91.2 Å². The SMILES string of the molecule is C=C/C(=C\C(=C/CC1C2CCCCC2C(c2cc(C(C)(C)C)cc(C(C)(C)C)c2)C2C3CCC4C5C(c6ccccc6)C(=O)C(c6ccccc6)C5C5CCC(C3C54)C12)C(C)(C)C)C(C)C. The molecular weight excluding hydrogens is 797 g/mol. The molecule has 16 unspecified atom stereocenters. The van der Waals surface area contributed by atoms with Gasteiger partial charge in [0, 0.05) is 11.8 Å². The molecule has 0 radical (unpaired) electrons. The van der Waals surface area contributed by atoms with E-state index in [4.69, 9.17) is 0 Å². The van der Waals surface area contributed by atoms with Crippen molar-refractivity contribution in [2.45, 2.75) is 163 Å². The second kappa shape index (κ2) is 17.2. The lowest BCUT2D eigenvalue weighted by atomic mass is 9.50. The number of benzene rings is 3. The van der Waals surface area contributed by atoms with Crippen LogP contribution in [0.25, 0.3) is 0 Å². The van der Waals surface area contributed by atoms with Crippen LogP contribution in [-0.2, 0) is 15.6 Å². The predicted molar refractivity (Wildman–Crippen MR) is 278 cm³/mol. The number of ketones is 1. The van der Waals surface area contributed by atoms with Gasteiger partial charge >= 0.3 is 0 Å². The number of fused-ring (bicyclic) bond motifs is 7.